The molecule has 0 aliphatic carbocycles. The molecular formula is C62H39N5S. The third-order valence-corrected chi connectivity index (χ3v) is 14.0. The van der Waals surface area contributed by atoms with Crippen LogP contribution in [0, 0.1) is 0 Å². The van der Waals surface area contributed by atoms with Gasteiger partial charge in [0.25, 0.3) is 0 Å². The third kappa shape index (κ3) is 6.94. The van der Waals surface area contributed by atoms with Crippen LogP contribution in [-0.2, 0) is 0 Å². The fourth-order valence-electron chi connectivity index (χ4n) is 9.60. The molecule has 0 unspecified atom stereocenters. The lowest BCUT2D eigenvalue weighted by Crippen LogP contribution is -2.03. The molecule has 0 amide bonds. The van der Waals surface area contributed by atoms with Gasteiger partial charge < -0.3 is 4.57 Å². The van der Waals surface area contributed by atoms with Gasteiger partial charge in [-0.2, -0.15) is 0 Å². The highest BCUT2D eigenvalue weighted by molar-refractivity contribution is 7.26. The molecule has 4 aromatic heterocycles. The van der Waals surface area contributed by atoms with Crippen LogP contribution in [0.25, 0.3) is 127 Å². The van der Waals surface area contributed by atoms with Gasteiger partial charge in [0, 0.05) is 54.2 Å². The molecule has 0 bridgehead atoms. The standard InChI is InChI=1S/C62H39N5S/c1-6-18-40(19-7-1)45-36-46(41-20-8-2-9-21-41)38-47(37-45)54-34-33-49(57(63-54)62-65-60(42-22-10-3-11-23-42)64-61(66-62)43-24-12-4-13-25-43)44-30-35-56-53(39-44)52-32-31-51-50-28-16-17-29-55(50)67(58(51)59(52)68-56)48-26-14-5-15-27-48/h1-39H. The molecule has 0 aliphatic rings. The molecule has 0 atom stereocenters. The van der Waals surface area contributed by atoms with Crippen molar-refractivity contribution in [1.82, 2.24) is 24.5 Å². The molecular weight excluding hydrogens is 847 g/mol. The minimum absolute atomic E-state index is 0.501. The van der Waals surface area contributed by atoms with Crippen LogP contribution in [0.3, 0.4) is 0 Å². The van der Waals surface area contributed by atoms with Crippen molar-refractivity contribution in [2.24, 2.45) is 0 Å². The van der Waals surface area contributed by atoms with Crippen molar-refractivity contribution in [2.75, 3.05) is 0 Å². The second-order valence-electron chi connectivity index (χ2n) is 17.0. The molecule has 68 heavy (non-hydrogen) atoms. The normalized spacial score (nSPS) is 11.5. The molecule has 6 heteroatoms. The van der Waals surface area contributed by atoms with E-state index in [0.717, 1.165) is 61.5 Å². The molecule has 5 nitrogen and oxygen atoms in total. The van der Waals surface area contributed by atoms with Gasteiger partial charge in [-0.25, -0.2) is 19.9 Å². The molecule has 0 saturated carbocycles. The van der Waals surface area contributed by atoms with E-state index in [0.29, 0.717) is 23.2 Å². The van der Waals surface area contributed by atoms with E-state index >= 15 is 0 Å². The predicted octanol–water partition coefficient (Wildman–Crippen LogP) is 16.4. The molecule has 0 N–H and O–H groups in total. The quantitative estimate of drug-likeness (QED) is 0.153. The second-order valence-corrected chi connectivity index (χ2v) is 18.1. The van der Waals surface area contributed by atoms with Crippen molar-refractivity contribution in [2.45, 2.75) is 0 Å². The first-order valence-electron chi connectivity index (χ1n) is 22.8. The van der Waals surface area contributed by atoms with E-state index in [1.807, 2.05) is 72.0 Å². The zero-order valence-corrected chi connectivity index (χ0v) is 37.5. The van der Waals surface area contributed by atoms with Crippen molar-refractivity contribution >= 4 is 53.3 Å². The highest BCUT2D eigenvalue weighted by Crippen LogP contribution is 2.45. The maximum Gasteiger partial charge on any atom is 0.183 e. The Labute approximate surface area is 397 Å². The second kappa shape index (κ2) is 16.5. The van der Waals surface area contributed by atoms with Crippen LogP contribution in [-0.4, -0.2) is 24.5 Å². The van der Waals surface area contributed by atoms with Crippen molar-refractivity contribution in [3.05, 3.63) is 237 Å². The number of benzene rings is 9. The van der Waals surface area contributed by atoms with E-state index in [1.54, 1.807) is 0 Å². The molecule has 4 heterocycles. The Kier molecular flexibility index (Phi) is 9.62. The van der Waals surface area contributed by atoms with Crippen molar-refractivity contribution in [1.29, 1.82) is 0 Å². The number of thiophene rings is 1. The Morgan fingerprint density at radius 3 is 1.49 bits per heavy atom. The molecule has 13 rings (SSSR count). The third-order valence-electron chi connectivity index (χ3n) is 12.8. The van der Waals surface area contributed by atoms with Gasteiger partial charge in [-0.15, -0.1) is 11.3 Å². The summed E-state index contributed by atoms with van der Waals surface area (Å²) in [5, 5.41) is 4.90. The molecule has 0 fully saturated rings. The van der Waals surface area contributed by atoms with Crippen LogP contribution in [0.5, 0.6) is 0 Å². The monoisotopic (exact) mass is 885 g/mol. The van der Waals surface area contributed by atoms with Crippen molar-refractivity contribution < 1.29 is 0 Å². The lowest BCUT2D eigenvalue weighted by atomic mass is 9.94. The average molecular weight is 886 g/mol. The lowest BCUT2D eigenvalue weighted by Gasteiger charge is -2.15. The summed E-state index contributed by atoms with van der Waals surface area (Å²) in [4.78, 5) is 21.2. The molecule has 0 radical (unpaired) electrons. The summed E-state index contributed by atoms with van der Waals surface area (Å²) >= 11 is 1.85. The number of pyridine rings is 1. The Hall–Kier alpha value is -8.84. The van der Waals surface area contributed by atoms with Crippen molar-refractivity contribution in [3.8, 4) is 84.6 Å². The van der Waals surface area contributed by atoms with Gasteiger partial charge in [0.2, 0.25) is 0 Å². The Morgan fingerprint density at radius 2 is 0.853 bits per heavy atom. The minimum Gasteiger partial charge on any atom is -0.308 e. The van der Waals surface area contributed by atoms with Crippen LogP contribution in [0.15, 0.2) is 237 Å². The molecule has 318 valence electrons. The molecule has 0 saturated heterocycles. The molecule has 13 aromatic rings. The van der Waals surface area contributed by atoms with Gasteiger partial charge >= 0.3 is 0 Å². The summed E-state index contributed by atoms with van der Waals surface area (Å²) < 4.78 is 4.90. The Balaban J connectivity index is 1.05. The first kappa shape index (κ1) is 39.5. The van der Waals surface area contributed by atoms with Gasteiger partial charge in [-0.05, 0) is 88.5 Å². The molecule has 9 aromatic carbocycles. The van der Waals surface area contributed by atoms with Gasteiger partial charge in [0.05, 0.1) is 21.4 Å². The maximum atomic E-state index is 5.62. The SMILES string of the molecule is c1ccc(-c2cc(-c3ccccc3)cc(-c3ccc(-c4ccc5sc6c(ccc7c8ccccc8n(-c8ccccc8)c76)c5c4)c(-c4nc(-c5ccccc5)nc(-c5ccccc5)n4)n3)c2)cc1. The largest absolute Gasteiger partial charge is 0.308 e. The van der Waals surface area contributed by atoms with E-state index in [9.17, 15) is 0 Å². The molecule has 0 spiro atoms. The fourth-order valence-corrected chi connectivity index (χ4v) is 10.8. The number of rotatable bonds is 8. The number of fused-ring (bicyclic) bond motifs is 7. The van der Waals surface area contributed by atoms with Crippen LogP contribution >= 0.6 is 11.3 Å². The zero-order chi connectivity index (χ0) is 45.0. The van der Waals surface area contributed by atoms with Crippen LogP contribution in [0.4, 0.5) is 0 Å². The summed E-state index contributed by atoms with van der Waals surface area (Å²) in [6.07, 6.45) is 0. The van der Waals surface area contributed by atoms with E-state index < -0.39 is 0 Å². The maximum absolute atomic E-state index is 5.62. The number of aromatic nitrogens is 5. The summed E-state index contributed by atoms with van der Waals surface area (Å²) in [7, 11) is 0. The fraction of sp³-hybridized carbons (Fsp3) is 0. The van der Waals surface area contributed by atoms with Gasteiger partial charge in [0.1, 0.15) is 5.69 Å². The summed E-state index contributed by atoms with van der Waals surface area (Å²) in [6.45, 7) is 0. The smallest absolute Gasteiger partial charge is 0.183 e. The van der Waals surface area contributed by atoms with Gasteiger partial charge in [-0.3, -0.25) is 0 Å². The number of nitrogens with zero attached hydrogens (tertiary/aromatic N) is 5. The summed E-state index contributed by atoms with van der Waals surface area (Å²) in [5.41, 5.74) is 14.3. The Morgan fingerprint density at radius 1 is 0.324 bits per heavy atom. The van der Waals surface area contributed by atoms with Gasteiger partial charge in [0.15, 0.2) is 17.5 Å². The van der Waals surface area contributed by atoms with E-state index in [4.69, 9.17) is 19.9 Å². The number of hydrogen-bond donors (Lipinski definition) is 0. The Bertz CT molecular complexity index is 3880. The lowest BCUT2D eigenvalue weighted by molar-refractivity contribution is 1.06. The van der Waals surface area contributed by atoms with Crippen LogP contribution in [0.2, 0.25) is 0 Å². The van der Waals surface area contributed by atoms with Crippen LogP contribution in [0.1, 0.15) is 0 Å². The number of para-hydroxylation sites is 2. The first-order valence-corrected chi connectivity index (χ1v) is 23.6. The number of hydrogen-bond acceptors (Lipinski definition) is 5. The topological polar surface area (TPSA) is 56.5 Å². The van der Waals surface area contributed by atoms with Crippen molar-refractivity contribution in [3.63, 3.8) is 0 Å². The van der Waals surface area contributed by atoms with Crippen LogP contribution < -0.4 is 0 Å². The predicted molar refractivity (Wildman–Crippen MR) is 283 cm³/mol. The average Bonchev–Trinajstić information content (AvgIpc) is 3.97. The van der Waals surface area contributed by atoms with E-state index in [1.165, 1.54) is 42.0 Å². The highest BCUT2D eigenvalue weighted by atomic mass is 32.1. The zero-order valence-electron chi connectivity index (χ0n) is 36.7. The molecule has 0 aliphatic heterocycles. The highest BCUT2D eigenvalue weighted by Gasteiger charge is 2.22. The van der Waals surface area contributed by atoms with E-state index in [-0.39, 0.29) is 0 Å². The minimum atomic E-state index is 0.501. The van der Waals surface area contributed by atoms with Gasteiger partial charge in [-0.1, -0.05) is 176 Å². The summed E-state index contributed by atoms with van der Waals surface area (Å²) in [5.74, 6) is 1.67. The summed E-state index contributed by atoms with van der Waals surface area (Å²) in [6, 6.07) is 83.3. The first-order chi connectivity index (χ1) is 33.7. The van der Waals surface area contributed by atoms with E-state index in [2.05, 4.69) is 180 Å².